The molecule has 0 spiro atoms. The number of nitrogens with two attached hydrogens (primary N) is 1. The molecule has 4 nitrogen and oxygen atoms in total. The second-order valence-electron chi connectivity index (χ2n) is 1.23. The van der Waals surface area contributed by atoms with Gasteiger partial charge in [-0.25, -0.2) is 0 Å². The number of aromatic amines is 1. The summed E-state index contributed by atoms with van der Waals surface area (Å²) in [6.45, 7) is -0.250. The third-order valence-electron chi connectivity index (χ3n) is 0.622. The highest BCUT2D eigenvalue weighted by Crippen LogP contribution is 1.90. The Morgan fingerprint density at radius 2 is 2.33 bits per heavy atom. The zero-order chi connectivity index (χ0) is 7.11. The average molecular weight is 128 g/mol. The van der Waals surface area contributed by atoms with E-state index in [1.54, 1.807) is 12.3 Å². The average Bonchev–Trinajstić information content (AvgIpc) is 2.20. The molecule has 0 saturated heterocycles. The molecule has 0 amide bonds. The Morgan fingerprint density at radius 3 is 2.44 bits per heavy atom. The zero-order valence-electron chi connectivity index (χ0n) is 4.74. The molecule has 50 valence electrons. The fourth-order valence-electron chi connectivity index (χ4n) is 0.344. The number of hydrogen-bond acceptors (Lipinski definition) is 2. The second-order valence-corrected chi connectivity index (χ2v) is 1.23. The number of nitrogen functional groups attached to an aromatic ring is 1. The molecule has 1 aromatic rings. The van der Waals surface area contributed by atoms with E-state index in [4.69, 9.17) is 15.6 Å². The minimum Gasteiger partial charge on any atom is -0.483 e. The molecule has 0 saturated carbocycles. The highest BCUT2D eigenvalue weighted by molar-refractivity contribution is 5.32. The minimum absolute atomic E-state index is 0.250. The van der Waals surface area contributed by atoms with Crippen LogP contribution in [0.2, 0.25) is 0 Å². The van der Waals surface area contributed by atoms with Crippen molar-refractivity contribution in [2.24, 2.45) is 0 Å². The summed E-state index contributed by atoms with van der Waals surface area (Å²) >= 11 is 0. The predicted octanol–water partition coefficient (Wildman–Crippen LogP) is 0.298. The van der Waals surface area contributed by atoms with Crippen molar-refractivity contribution in [3.05, 3.63) is 18.3 Å². The van der Waals surface area contributed by atoms with Gasteiger partial charge >= 0.3 is 0 Å². The first-order chi connectivity index (χ1) is 4.31. The summed E-state index contributed by atoms with van der Waals surface area (Å²) in [6.07, 6.45) is 1.79. The third kappa shape index (κ3) is 4.40. The number of hydrogen-bond donors (Lipinski definition) is 3. The van der Waals surface area contributed by atoms with E-state index in [0.29, 0.717) is 0 Å². The molecule has 0 aliphatic heterocycles. The van der Waals surface area contributed by atoms with Crippen LogP contribution in [0.25, 0.3) is 0 Å². The van der Waals surface area contributed by atoms with Gasteiger partial charge in [0.1, 0.15) is 5.82 Å². The summed E-state index contributed by atoms with van der Waals surface area (Å²) in [6, 6.07) is 3.66. The van der Waals surface area contributed by atoms with Crippen LogP contribution in [0.5, 0.6) is 0 Å². The van der Waals surface area contributed by atoms with Gasteiger partial charge in [-0.1, -0.05) is 0 Å². The van der Waals surface area contributed by atoms with Crippen LogP contribution in [0.15, 0.2) is 18.3 Å². The normalized spacial score (nSPS) is 7.11. The lowest BCUT2D eigenvalue weighted by Gasteiger charge is -1.72. The van der Waals surface area contributed by atoms with Gasteiger partial charge in [0.05, 0.1) is 0 Å². The highest BCUT2D eigenvalue weighted by Gasteiger charge is 1.72. The Kier molecular flexibility index (Phi) is 3.95. The largest absolute Gasteiger partial charge is 0.483 e. The molecular formula is C5H8N2O2. The lowest BCUT2D eigenvalue weighted by Crippen LogP contribution is -1.79. The van der Waals surface area contributed by atoms with Gasteiger partial charge in [-0.15, -0.1) is 0 Å². The van der Waals surface area contributed by atoms with Crippen LogP contribution in [0.4, 0.5) is 5.82 Å². The smallest absolute Gasteiger partial charge is 0.290 e. The van der Waals surface area contributed by atoms with Crippen molar-refractivity contribution in [3.8, 4) is 0 Å². The third-order valence-corrected chi connectivity index (χ3v) is 0.622. The van der Waals surface area contributed by atoms with E-state index in [-0.39, 0.29) is 6.47 Å². The van der Waals surface area contributed by atoms with E-state index < -0.39 is 0 Å². The SMILES string of the molecule is Nc1ccc[nH]1.O=CO. The zero-order valence-corrected chi connectivity index (χ0v) is 4.74. The summed E-state index contributed by atoms with van der Waals surface area (Å²) in [5.41, 5.74) is 5.22. The fourth-order valence-corrected chi connectivity index (χ4v) is 0.344. The number of anilines is 1. The van der Waals surface area contributed by atoms with Crippen molar-refractivity contribution >= 4 is 12.3 Å². The molecule has 0 radical (unpaired) electrons. The Hall–Kier alpha value is -1.45. The summed E-state index contributed by atoms with van der Waals surface area (Å²) in [5, 5.41) is 6.89. The molecule has 0 atom stereocenters. The van der Waals surface area contributed by atoms with Crippen LogP contribution in [0, 0.1) is 0 Å². The summed E-state index contributed by atoms with van der Waals surface area (Å²) < 4.78 is 0. The molecule has 0 bridgehead atoms. The molecule has 1 heterocycles. The molecular weight excluding hydrogens is 120 g/mol. The van der Waals surface area contributed by atoms with E-state index in [0.717, 1.165) is 5.82 Å². The maximum Gasteiger partial charge on any atom is 0.290 e. The first-order valence-corrected chi connectivity index (χ1v) is 2.28. The van der Waals surface area contributed by atoms with E-state index in [2.05, 4.69) is 4.98 Å². The van der Waals surface area contributed by atoms with Crippen LogP contribution in [-0.4, -0.2) is 16.6 Å². The van der Waals surface area contributed by atoms with Crippen molar-refractivity contribution in [1.82, 2.24) is 4.98 Å². The first-order valence-electron chi connectivity index (χ1n) is 2.28. The molecule has 0 unspecified atom stereocenters. The van der Waals surface area contributed by atoms with Gasteiger partial charge in [0.15, 0.2) is 0 Å². The van der Waals surface area contributed by atoms with Gasteiger partial charge in [-0.2, -0.15) is 0 Å². The molecule has 4 heteroatoms. The predicted molar refractivity (Wildman–Crippen MR) is 33.9 cm³/mol. The standard InChI is InChI=1S/C4H6N2.CH2O2/c5-4-2-1-3-6-4;2-1-3/h1-3,6H,5H2;1H,(H,2,3). The second kappa shape index (κ2) is 4.70. The molecule has 9 heavy (non-hydrogen) atoms. The van der Waals surface area contributed by atoms with E-state index in [9.17, 15) is 0 Å². The van der Waals surface area contributed by atoms with Gasteiger partial charge < -0.3 is 15.8 Å². The topological polar surface area (TPSA) is 79.1 Å². The van der Waals surface area contributed by atoms with Crippen LogP contribution in [0.1, 0.15) is 0 Å². The molecule has 0 aliphatic carbocycles. The number of carbonyl (C=O) groups is 1. The minimum atomic E-state index is -0.250. The highest BCUT2D eigenvalue weighted by atomic mass is 16.3. The summed E-state index contributed by atoms with van der Waals surface area (Å²) in [5.74, 6) is 0.718. The van der Waals surface area contributed by atoms with Gasteiger partial charge in [-0.05, 0) is 12.1 Å². The van der Waals surface area contributed by atoms with Gasteiger partial charge in [0.25, 0.3) is 6.47 Å². The van der Waals surface area contributed by atoms with Crippen LogP contribution < -0.4 is 5.73 Å². The van der Waals surface area contributed by atoms with Gasteiger partial charge in [-0.3, -0.25) is 4.79 Å². The molecule has 0 aromatic carbocycles. The van der Waals surface area contributed by atoms with E-state index >= 15 is 0 Å². The van der Waals surface area contributed by atoms with Crippen molar-refractivity contribution in [2.75, 3.05) is 5.73 Å². The van der Waals surface area contributed by atoms with Crippen molar-refractivity contribution in [3.63, 3.8) is 0 Å². The van der Waals surface area contributed by atoms with Gasteiger partial charge in [0.2, 0.25) is 0 Å². The Morgan fingerprint density at radius 1 is 1.78 bits per heavy atom. The van der Waals surface area contributed by atoms with E-state index in [1.165, 1.54) is 0 Å². The van der Waals surface area contributed by atoms with Crippen molar-refractivity contribution < 1.29 is 9.90 Å². The number of H-pyrrole nitrogens is 1. The summed E-state index contributed by atoms with van der Waals surface area (Å²) in [4.78, 5) is 11.1. The molecule has 1 rings (SSSR count). The first kappa shape index (κ1) is 7.55. The molecule has 1 aromatic heterocycles. The number of carboxylic acid groups (broad SMARTS) is 1. The maximum absolute atomic E-state index is 8.36. The molecule has 0 fully saturated rings. The van der Waals surface area contributed by atoms with Crippen LogP contribution in [0.3, 0.4) is 0 Å². The maximum atomic E-state index is 8.36. The lowest BCUT2D eigenvalue weighted by molar-refractivity contribution is -0.122. The lowest BCUT2D eigenvalue weighted by atomic mass is 10.6. The Labute approximate surface area is 52.3 Å². The number of nitrogens with one attached hydrogen (secondary N) is 1. The molecule has 0 aliphatic rings. The Balaban J connectivity index is 0.000000187. The van der Waals surface area contributed by atoms with E-state index in [1.807, 2.05) is 6.07 Å². The van der Waals surface area contributed by atoms with Crippen molar-refractivity contribution in [2.45, 2.75) is 0 Å². The van der Waals surface area contributed by atoms with Gasteiger partial charge in [0, 0.05) is 6.20 Å². The monoisotopic (exact) mass is 128 g/mol. The fraction of sp³-hybridized carbons (Fsp3) is 0. The van der Waals surface area contributed by atoms with Crippen LogP contribution >= 0.6 is 0 Å². The van der Waals surface area contributed by atoms with Crippen molar-refractivity contribution in [1.29, 1.82) is 0 Å². The number of aromatic nitrogens is 1. The van der Waals surface area contributed by atoms with Crippen LogP contribution in [-0.2, 0) is 4.79 Å². The Bertz CT molecular complexity index is 148. The quantitative estimate of drug-likeness (QED) is 0.439. The summed E-state index contributed by atoms with van der Waals surface area (Å²) in [7, 11) is 0. The number of rotatable bonds is 0. The molecule has 4 N–H and O–H groups in total.